The highest BCUT2D eigenvalue weighted by Gasteiger charge is 2.39. The molecule has 1 aliphatic heterocycles. The van der Waals surface area contributed by atoms with Crippen molar-refractivity contribution in [3.05, 3.63) is 119 Å². The molecule has 0 aliphatic carbocycles. The summed E-state index contributed by atoms with van der Waals surface area (Å²) in [6.45, 7) is 4.70. The first-order chi connectivity index (χ1) is 29.0. The second kappa shape index (κ2) is 20.5. The minimum Gasteiger partial charge on any atom is -0.495 e. The number of benzene rings is 4. The lowest BCUT2D eigenvalue weighted by Gasteiger charge is -2.27. The van der Waals surface area contributed by atoms with Crippen molar-refractivity contribution in [3.8, 4) is 11.5 Å². The third-order valence-electron chi connectivity index (χ3n) is 8.72. The third-order valence-corrected chi connectivity index (χ3v) is 12.8. The van der Waals surface area contributed by atoms with E-state index in [0.717, 1.165) is 53.5 Å². The van der Waals surface area contributed by atoms with Crippen LogP contribution in [-0.4, -0.2) is 105 Å². The minimum absolute atomic E-state index is 0.240. The van der Waals surface area contributed by atoms with E-state index in [-0.39, 0.29) is 9.79 Å². The molecule has 0 bridgehead atoms. The fourth-order valence-electron chi connectivity index (χ4n) is 5.82. The van der Waals surface area contributed by atoms with Crippen molar-refractivity contribution in [1.29, 1.82) is 0 Å². The maximum atomic E-state index is 13.2. The van der Waals surface area contributed by atoms with E-state index in [9.17, 15) is 43.2 Å². The number of carboxylic acid groups (broad SMARTS) is 2. The molecule has 0 saturated carbocycles. The van der Waals surface area contributed by atoms with Crippen molar-refractivity contribution in [3.63, 3.8) is 0 Å². The quantitative estimate of drug-likeness (QED) is 0.130. The molecule has 1 fully saturated rings. The topological polar surface area (TPSA) is 186 Å². The van der Waals surface area contributed by atoms with Crippen molar-refractivity contribution < 1.29 is 72.5 Å². The molecule has 0 atom stereocenters. The van der Waals surface area contributed by atoms with Crippen LogP contribution in [0.1, 0.15) is 5.56 Å². The Kier molecular flexibility index (Phi) is 16.2. The van der Waals surface area contributed by atoms with E-state index in [4.69, 9.17) is 29.3 Å². The summed E-state index contributed by atoms with van der Waals surface area (Å²) < 4.78 is 130. The van der Waals surface area contributed by atoms with E-state index in [2.05, 4.69) is 26.1 Å². The van der Waals surface area contributed by atoms with Gasteiger partial charge in [-0.05, 0) is 60.2 Å². The van der Waals surface area contributed by atoms with E-state index in [1.54, 1.807) is 92.3 Å². The van der Waals surface area contributed by atoms with E-state index in [0.29, 0.717) is 22.5 Å². The Balaban J connectivity index is 0.000000213. The van der Waals surface area contributed by atoms with Gasteiger partial charge in [0.05, 0.1) is 24.0 Å². The van der Waals surface area contributed by atoms with Crippen LogP contribution in [0.25, 0.3) is 21.8 Å². The molecule has 62 heavy (non-hydrogen) atoms. The highest BCUT2D eigenvalue weighted by Crippen LogP contribution is 2.35. The minimum atomic E-state index is -5.08. The number of alkyl halides is 6. The van der Waals surface area contributed by atoms with Crippen molar-refractivity contribution in [1.82, 2.24) is 18.2 Å². The lowest BCUT2D eigenvalue weighted by Crippen LogP contribution is -2.42. The maximum Gasteiger partial charge on any atom is 0.490 e. The fraction of sp³-hybridized carbons (Fsp3) is 0.231. The third kappa shape index (κ3) is 11.8. The SMILES string of the molecule is COc1ccc(Br)c2ccn(S(=O)(=O)c3ccccc3)c12.COc1ccc(CN2CCNCC2)c2ccn(S(=O)(=O)c3ccccc3)c12.O=C(O)C(F)(F)F.O=C(O)C(F)(F)F. The van der Waals surface area contributed by atoms with Gasteiger partial charge in [0.1, 0.15) is 22.5 Å². The molecule has 7 rings (SSSR count). The van der Waals surface area contributed by atoms with Crippen molar-refractivity contribution >= 4 is 69.7 Å². The Morgan fingerprint density at radius 1 is 0.645 bits per heavy atom. The molecule has 0 spiro atoms. The van der Waals surface area contributed by atoms with Gasteiger partial charge in [-0.15, -0.1) is 0 Å². The molecule has 1 aliphatic rings. The second-order valence-electron chi connectivity index (χ2n) is 12.7. The predicted molar refractivity (Wildman–Crippen MR) is 218 cm³/mol. The Morgan fingerprint density at radius 2 is 1.03 bits per heavy atom. The predicted octanol–water partition coefficient (Wildman–Crippen LogP) is 7.21. The molecule has 3 N–H and O–H groups in total. The van der Waals surface area contributed by atoms with Gasteiger partial charge in [-0.2, -0.15) is 26.3 Å². The van der Waals surface area contributed by atoms with Crippen LogP contribution in [0.3, 0.4) is 0 Å². The van der Waals surface area contributed by atoms with Gasteiger partial charge in [0.2, 0.25) is 0 Å². The van der Waals surface area contributed by atoms with Gasteiger partial charge in [0.15, 0.2) is 0 Å². The number of halogens is 7. The number of nitrogens with zero attached hydrogens (tertiary/aromatic N) is 3. The number of carboxylic acids is 2. The molecule has 14 nitrogen and oxygen atoms in total. The maximum absolute atomic E-state index is 13.2. The number of methoxy groups -OCH3 is 2. The Bertz CT molecular complexity index is 2680. The molecule has 334 valence electrons. The molecular weight excluding hydrogens is 942 g/mol. The summed E-state index contributed by atoms with van der Waals surface area (Å²) in [7, 11) is -4.26. The first kappa shape index (κ1) is 49.0. The number of hydrogen-bond donors (Lipinski definition) is 3. The molecule has 0 amide bonds. The van der Waals surface area contributed by atoms with Crippen LogP contribution in [0.2, 0.25) is 0 Å². The van der Waals surface area contributed by atoms with Gasteiger partial charge in [0, 0.05) is 60.4 Å². The smallest absolute Gasteiger partial charge is 0.490 e. The van der Waals surface area contributed by atoms with Gasteiger partial charge in [-0.3, -0.25) is 4.90 Å². The van der Waals surface area contributed by atoms with Crippen LogP contribution in [0.4, 0.5) is 26.3 Å². The lowest BCUT2D eigenvalue weighted by atomic mass is 10.1. The summed E-state index contributed by atoms with van der Waals surface area (Å²) in [5, 5.41) is 19.3. The first-order valence-electron chi connectivity index (χ1n) is 17.7. The van der Waals surface area contributed by atoms with Crippen LogP contribution in [0, 0.1) is 0 Å². The van der Waals surface area contributed by atoms with Crippen molar-refractivity contribution in [2.24, 2.45) is 0 Å². The van der Waals surface area contributed by atoms with E-state index < -0.39 is 44.3 Å². The van der Waals surface area contributed by atoms with Crippen LogP contribution in [-0.2, 0) is 36.2 Å². The Labute approximate surface area is 359 Å². The summed E-state index contributed by atoms with van der Waals surface area (Å²) in [6, 6.07) is 27.9. The number of fused-ring (bicyclic) bond motifs is 2. The lowest BCUT2D eigenvalue weighted by molar-refractivity contribution is -0.193. The second-order valence-corrected chi connectivity index (χ2v) is 17.2. The largest absolute Gasteiger partial charge is 0.495 e. The van der Waals surface area contributed by atoms with E-state index in [1.165, 1.54) is 15.1 Å². The van der Waals surface area contributed by atoms with Crippen molar-refractivity contribution in [2.45, 2.75) is 28.7 Å². The molecule has 3 heterocycles. The molecule has 23 heteroatoms. The van der Waals surface area contributed by atoms with Crippen LogP contribution in [0.5, 0.6) is 11.5 Å². The Hall–Kier alpha value is -5.62. The number of hydrogen-bond acceptors (Lipinski definition) is 10. The zero-order chi connectivity index (χ0) is 46.0. The number of carbonyl (C=O) groups is 2. The molecule has 4 aromatic carbocycles. The number of aromatic nitrogens is 2. The molecule has 0 radical (unpaired) electrons. The zero-order valence-electron chi connectivity index (χ0n) is 32.4. The standard InChI is InChI=1S/C20H23N3O3S.C15H12BrNO3S.2C2HF3O2/c1-26-19-8-7-16(15-22-13-10-21-11-14-22)18-9-12-23(20(18)19)27(24,25)17-5-3-2-4-6-17;1-20-14-8-7-13(16)12-9-10-17(15(12)14)21(18,19)11-5-3-2-4-6-11;2*3-2(4,5)1(6)7/h2-9,12,21H,10-11,13-15H2,1H3;2-10H,1H3;2*(H,6,7). The van der Waals surface area contributed by atoms with Gasteiger partial charge in [0.25, 0.3) is 20.0 Å². The van der Waals surface area contributed by atoms with Crippen LogP contribution in [0.15, 0.2) is 124 Å². The molecular formula is C39H37BrF6N4O10S2. The molecule has 1 saturated heterocycles. The molecule has 2 aromatic heterocycles. The zero-order valence-corrected chi connectivity index (χ0v) is 35.6. The summed E-state index contributed by atoms with van der Waals surface area (Å²) in [4.78, 5) is 20.7. The summed E-state index contributed by atoms with van der Waals surface area (Å²) in [6.07, 6.45) is -7.00. The Morgan fingerprint density at radius 3 is 1.44 bits per heavy atom. The normalized spacial score (nSPS) is 13.4. The number of aliphatic carboxylic acids is 2. The van der Waals surface area contributed by atoms with Crippen molar-refractivity contribution in [2.75, 3.05) is 40.4 Å². The van der Waals surface area contributed by atoms with Gasteiger partial charge in [-0.25, -0.2) is 34.4 Å². The number of ether oxygens (including phenoxy) is 2. The number of nitrogens with one attached hydrogen (secondary N) is 1. The highest BCUT2D eigenvalue weighted by molar-refractivity contribution is 9.10. The fourth-order valence-corrected chi connectivity index (χ4v) is 9.02. The summed E-state index contributed by atoms with van der Waals surface area (Å²) in [5.74, 6) is -4.45. The van der Waals surface area contributed by atoms with Gasteiger partial charge in [-0.1, -0.05) is 58.4 Å². The van der Waals surface area contributed by atoms with Crippen LogP contribution >= 0.6 is 15.9 Å². The highest BCUT2D eigenvalue weighted by atomic mass is 79.9. The number of piperazine rings is 1. The van der Waals surface area contributed by atoms with E-state index in [1.807, 2.05) is 24.3 Å². The molecule has 6 aromatic rings. The average Bonchev–Trinajstić information content (AvgIpc) is 3.91. The van der Waals surface area contributed by atoms with Gasteiger partial charge >= 0.3 is 24.3 Å². The monoisotopic (exact) mass is 978 g/mol. The molecule has 0 unspecified atom stereocenters. The van der Waals surface area contributed by atoms with Gasteiger partial charge < -0.3 is 25.0 Å². The average molecular weight is 980 g/mol. The number of rotatable bonds is 8. The van der Waals surface area contributed by atoms with E-state index >= 15 is 0 Å². The summed E-state index contributed by atoms with van der Waals surface area (Å²) in [5.41, 5.74) is 2.22. The van der Waals surface area contributed by atoms with Crippen LogP contribution < -0.4 is 14.8 Å². The first-order valence-corrected chi connectivity index (χ1v) is 21.4. The summed E-state index contributed by atoms with van der Waals surface area (Å²) >= 11 is 3.43.